The predicted octanol–water partition coefficient (Wildman–Crippen LogP) is 1.34. The topological polar surface area (TPSA) is 71.3 Å². The Morgan fingerprint density at radius 3 is 2.80 bits per heavy atom. The molecule has 0 atom stereocenters. The van der Waals surface area contributed by atoms with Gasteiger partial charge in [0.2, 0.25) is 11.3 Å². The fourth-order valence-electron chi connectivity index (χ4n) is 2.10. The van der Waals surface area contributed by atoms with Crippen LogP contribution in [0.1, 0.15) is 6.92 Å². The molecule has 0 saturated carbocycles. The highest BCUT2D eigenvalue weighted by Crippen LogP contribution is 2.15. The molecule has 0 spiro atoms. The lowest BCUT2D eigenvalue weighted by atomic mass is 10.2. The van der Waals surface area contributed by atoms with E-state index in [1.165, 1.54) is 6.26 Å². The highest BCUT2D eigenvalue weighted by molar-refractivity contribution is 5.72. The number of fused-ring (bicyclic) bond motifs is 1. The Balaban J connectivity index is 2.44. The van der Waals surface area contributed by atoms with Gasteiger partial charge in [-0.15, -0.1) is 4.73 Å². The molecule has 0 unspecified atom stereocenters. The van der Waals surface area contributed by atoms with Gasteiger partial charge >= 0.3 is 11.3 Å². The van der Waals surface area contributed by atoms with Gasteiger partial charge in [0.1, 0.15) is 6.61 Å². The summed E-state index contributed by atoms with van der Waals surface area (Å²) in [6.07, 6.45) is 1.41. The molecule has 0 aliphatic heterocycles. The van der Waals surface area contributed by atoms with Crippen molar-refractivity contribution in [1.29, 1.82) is 0 Å². The third-order valence-corrected chi connectivity index (χ3v) is 2.92. The molecular weight excluding hydrogens is 260 g/mol. The van der Waals surface area contributed by atoms with Crippen molar-refractivity contribution in [3.8, 4) is 11.5 Å². The second-order valence-corrected chi connectivity index (χ2v) is 4.13. The largest absolute Gasteiger partial charge is 0.618 e. The molecule has 0 saturated heterocycles. The second-order valence-electron chi connectivity index (χ2n) is 4.13. The summed E-state index contributed by atoms with van der Waals surface area (Å²) in [6.45, 7) is 2.08. The van der Waals surface area contributed by atoms with E-state index in [4.69, 9.17) is 9.25 Å². The van der Waals surface area contributed by atoms with Crippen LogP contribution in [0.4, 0.5) is 0 Å². The van der Waals surface area contributed by atoms with Gasteiger partial charge in [0.25, 0.3) is 0 Å². The highest BCUT2D eigenvalue weighted by atomic mass is 16.7. The number of rotatable bonds is 3. The van der Waals surface area contributed by atoms with Gasteiger partial charge in [0, 0.05) is 6.07 Å². The third-order valence-electron chi connectivity index (χ3n) is 2.92. The molecule has 2 heterocycles. The molecule has 0 radical (unpaired) electrons. The molecule has 0 bridgehead atoms. The Morgan fingerprint density at radius 2 is 2.10 bits per heavy atom. The van der Waals surface area contributed by atoms with E-state index in [0.717, 1.165) is 4.73 Å². The Morgan fingerprint density at radius 1 is 1.30 bits per heavy atom. The molecule has 1 aromatic carbocycles. The standard InChI is InChI=1S/C14H12N2O4/c1-2-20-16-11-7-4-3-6-10(11)15(18)13(14(16)17)12-8-5-9-19-12/h3-9H,2H2,1H3. The van der Waals surface area contributed by atoms with E-state index in [1.54, 1.807) is 43.3 Å². The first-order valence-corrected chi connectivity index (χ1v) is 6.18. The van der Waals surface area contributed by atoms with Gasteiger partial charge in [-0.05, 0) is 25.1 Å². The number of furan rings is 1. The third kappa shape index (κ3) is 1.73. The van der Waals surface area contributed by atoms with Gasteiger partial charge in [0.05, 0.1) is 6.26 Å². The average Bonchev–Trinajstić information content (AvgIpc) is 2.98. The summed E-state index contributed by atoms with van der Waals surface area (Å²) in [5.41, 5.74) is 0.120. The van der Waals surface area contributed by atoms with Crippen molar-refractivity contribution in [2.45, 2.75) is 6.92 Å². The van der Waals surface area contributed by atoms with Crippen LogP contribution in [0.5, 0.6) is 0 Å². The lowest BCUT2D eigenvalue weighted by molar-refractivity contribution is -0.567. The van der Waals surface area contributed by atoms with Gasteiger partial charge in [-0.1, -0.05) is 12.1 Å². The van der Waals surface area contributed by atoms with E-state index in [-0.39, 0.29) is 11.5 Å². The molecule has 0 aliphatic rings. The molecule has 6 heteroatoms. The van der Waals surface area contributed by atoms with Crippen LogP contribution in [0.25, 0.3) is 22.5 Å². The highest BCUT2D eigenvalue weighted by Gasteiger charge is 2.24. The van der Waals surface area contributed by atoms with Crippen molar-refractivity contribution in [3.63, 3.8) is 0 Å². The van der Waals surface area contributed by atoms with Gasteiger partial charge in [0.15, 0.2) is 5.52 Å². The number of benzene rings is 1. The first-order valence-electron chi connectivity index (χ1n) is 6.18. The predicted molar refractivity (Wildman–Crippen MR) is 72.0 cm³/mol. The van der Waals surface area contributed by atoms with Crippen molar-refractivity contribution >= 4 is 11.0 Å². The summed E-state index contributed by atoms with van der Waals surface area (Å²) in [7, 11) is 0. The average molecular weight is 272 g/mol. The lowest BCUT2D eigenvalue weighted by Crippen LogP contribution is -2.42. The Hall–Kier alpha value is -2.76. The number of hydrogen-bond acceptors (Lipinski definition) is 4. The van der Waals surface area contributed by atoms with Crippen LogP contribution in [0, 0.1) is 5.21 Å². The summed E-state index contributed by atoms with van der Waals surface area (Å²) in [5.74, 6) is 0.212. The molecule has 0 aliphatic carbocycles. The number of nitrogens with zero attached hydrogens (tertiary/aromatic N) is 2. The molecule has 20 heavy (non-hydrogen) atoms. The summed E-state index contributed by atoms with van der Waals surface area (Å²) < 4.78 is 6.88. The maximum Gasteiger partial charge on any atom is 0.361 e. The number of para-hydroxylation sites is 2. The van der Waals surface area contributed by atoms with Gasteiger partial charge in [-0.2, -0.15) is 4.73 Å². The van der Waals surface area contributed by atoms with Crippen LogP contribution in [0.2, 0.25) is 0 Å². The van der Waals surface area contributed by atoms with Crippen molar-refractivity contribution in [2.24, 2.45) is 0 Å². The molecule has 0 N–H and O–H groups in total. The molecule has 3 aromatic rings. The summed E-state index contributed by atoms with van der Waals surface area (Å²) >= 11 is 0. The van der Waals surface area contributed by atoms with E-state index in [1.807, 2.05) is 0 Å². The summed E-state index contributed by atoms with van der Waals surface area (Å²) in [5, 5.41) is 12.4. The molecule has 3 rings (SSSR count). The van der Waals surface area contributed by atoms with Gasteiger partial charge in [-0.25, -0.2) is 0 Å². The maximum absolute atomic E-state index is 12.4. The van der Waals surface area contributed by atoms with Crippen molar-refractivity contribution in [3.05, 3.63) is 58.2 Å². The monoisotopic (exact) mass is 272 g/mol. The van der Waals surface area contributed by atoms with Crippen LogP contribution in [0.3, 0.4) is 0 Å². The molecule has 102 valence electrons. The molecule has 0 amide bonds. The van der Waals surface area contributed by atoms with Gasteiger partial charge < -0.3 is 14.5 Å². The molecular formula is C14H12N2O4. The fourth-order valence-corrected chi connectivity index (χ4v) is 2.10. The minimum absolute atomic E-state index is 0.0952. The first-order chi connectivity index (χ1) is 9.74. The summed E-state index contributed by atoms with van der Waals surface area (Å²) in [4.78, 5) is 17.8. The van der Waals surface area contributed by atoms with Crippen molar-refractivity contribution in [1.82, 2.24) is 4.73 Å². The summed E-state index contributed by atoms with van der Waals surface area (Å²) in [6, 6.07) is 9.94. The van der Waals surface area contributed by atoms with Gasteiger partial charge in [-0.3, -0.25) is 4.79 Å². The minimum atomic E-state index is -0.546. The van der Waals surface area contributed by atoms with Crippen LogP contribution >= 0.6 is 0 Å². The zero-order valence-electron chi connectivity index (χ0n) is 10.8. The van der Waals surface area contributed by atoms with Crippen LogP contribution in [-0.2, 0) is 0 Å². The Kier molecular flexibility index (Phi) is 2.90. The quantitative estimate of drug-likeness (QED) is 0.533. The normalized spacial score (nSPS) is 10.8. The smallest absolute Gasteiger partial charge is 0.361 e. The minimum Gasteiger partial charge on any atom is -0.618 e. The maximum atomic E-state index is 12.4. The molecule has 0 fully saturated rings. The number of aromatic nitrogens is 2. The molecule has 2 aromatic heterocycles. The molecule has 6 nitrogen and oxygen atoms in total. The van der Waals surface area contributed by atoms with Crippen molar-refractivity contribution in [2.75, 3.05) is 6.61 Å². The first kappa shape index (κ1) is 12.3. The fraction of sp³-hybridized carbons (Fsp3) is 0.143. The second kappa shape index (κ2) is 4.73. The van der Waals surface area contributed by atoms with Crippen LogP contribution in [-0.4, -0.2) is 11.3 Å². The Labute approximate surface area is 114 Å². The SMILES string of the molecule is CCOn1c(=O)c(-c2ccco2)[n+]([O-])c2ccccc21. The van der Waals surface area contributed by atoms with E-state index in [2.05, 4.69) is 0 Å². The van der Waals surface area contributed by atoms with E-state index < -0.39 is 5.56 Å². The van der Waals surface area contributed by atoms with E-state index in [9.17, 15) is 10.0 Å². The zero-order valence-corrected chi connectivity index (χ0v) is 10.8. The van der Waals surface area contributed by atoms with Crippen LogP contribution < -0.4 is 15.1 Å². The Bertz CT molecular complexity index is 806. The van der Waals surface area contributed by atoms with Crippen molar-refractivity contribution < 1.29 is 14.0 Å². The zero-order chi connectivity index (χ0) is 14.1. The number of hydrogen-bond donors (Lipinski definition) is 0. The lowest BCUT2D eigenvalue weighted by Gasteiger charge is -2.12. The van der Waals surface area contributed by atoms with Crippen LogP contribution in [0.15, 0.2) is 51.9 Å². The van der Waals surface area contributed by atoms with E-state index in [0.29, 0.717) is 22.4 Å². The van der Waals surface area contributed by atoms with E-state index >= 15 is 0 Å².